The molecule has 0 atom stereocenters. The molecule has 0 aliphatic heterocycles. The average molecular weight is 434 g/mol. The molecule has 2 heterocycles. The Morgan fingerprint density at radius 1 is 0.353 bits per heavy atom. The van der Waals surface area contributed by atoms with Gasteiger partial charge in [0, 0.05) is 27.1 Å². The molecule has 2 nitrogen and oxygen atoms in total. The molecule has 0 N–H and O–H groups in total. The summed E-state index contributed by atoms with van der Waals surface area (Å²) in [5.74, 6) is 0. The first-order valence-electron chi connectivity index (χ1n) is 11.5. The van der Waals surface area contributed by atoms with Crippen LogP contribution in [-0.2, 0) is 0 Å². The van der Waals surface area contributed by atoms with Crippen molar-refractivity contribution >= 4 is 65.4 Å². The third kappa shape index (κ3) is 2.35. The Bertz CT molecular complexity index is 2070. The van der Waals surface area contributed by atoms with Crippen molar-refractivity contribution in [1.82, 2.24) is 0 Å². The maximum absolute atomic E-state index is 6.41. The summed E-state index contributed by atoms with van der Waals surface area (Å²) in [7, 11) is 0. The lowest BCUT2D eigenvalue weighted by molar-refractivity contribution is 0.669. The molecule has 2 heteroatoms. The smallest absolute Gasteiger partial charge is 0.143 e. The first-order valence-corrected chi connectivity index (χ1v) is 11.5. The Morgan fingerprint density at radius 3 is 1.88 bits per heavy atom. The highest BCUT2D eigenvalue weighted by atomic mass is 16.3. The van der Waals surface area contributed by atoms with Crippen LogP contribution < -0.4 is 0 Å². The summed E-state index contributed by atoms with van der Waals surface area (Å²) in [6.45, 7) is 0. The lowest BCUT2D eigenvalue weighted by atomic mass is 9.91. The van der Waals surface area contributed by atoms with Gasteiger partial charge in [0.2, 0.25) is 0 Å². The minimum absolute atomic E-state index is 0.905. The van der Waals surface area contributed by atoms with Crippen molar-refractivity contribution in [3.8, 4) is 11.1 Å². The average Bonchev–Trinajstić information content (AvgIpc) is 3.45. The van der Waals surface area contributed by atoms with E-state index in [0.29, 0.717) is 0 Å². The number of furan rings is 2. The maximum atomic E-state index is 6.41. The van der Waals surface area contributed by atoms with Crippen LogP contribution in [0.25, 0.3) is 76.5 Å². The standard InChI is InChI=1S/C32H18O2/c1-2-9-20-19(8-1)16-25(24-13-7-12-23-21-10-3-6-15-30(21)34-32(23)24)27-18-31-28(17-26(20)27)22-11-4-5-14-29(22)33-31/h1-18H. The zero-order valence-electron chi connectivity index (χ0n) is 18.2. The number of fused-ring (bicyclic) bond motifs is 9. The monoisotopic (exact) mass is 434 g/mol. The molecule has 34 heavy (non-hydrogen) atoms. The summed E-state index contributed by atoms with van der Waals surface area (Å²) < 4.78 is 12.7. The topological polar surface area (TPSA) is 26.3 Å². The molecule has 0 bridgehead atoms. The Morgan fingerprint density at radius 2 is 1.03 bits per heavy atom. The second kappa shape index (κ2) is 6.49. The second-order valence-electron chi connectivity index (χ2n) is 8.92. The number of benzene rings is 6. The summed E-state index contributed by atoms with van der Waals surface area (Å²) in [6.07, 6.45) is 0. The first-order chi connectivity index (χ1) is 16.8. The van der Waals surface area contributed by atoms with Crippen LogP contribution in [0, 0.1) is 0 Å². The summed E-state index contributed by atoms with van der Waals surface area (Å²) in [5.41, 5.74) is 5.90. The van der Waals surface area contributed by atoms with E-state index in [9.17, 15) is 0 Å². The van der Waals surface area contributed by atoms with Crippen molar-refractivity contribution in [3.05, 3.63) is 109 Å². The molecule has 0 saturated carbocycles. The Labute approximate surface area is 194 Å². The molecular weight excluding hydrogens is 416 g/mol. The quantitative estimate of drug-likeness (QED) is 0.240. The molecule has 0 amide bonds. The summed E-state index contributed by atoms with van der Waals surface area (Å²) in [5, 5.41) is 9.41. The minimum Gasteiger partial charge on any atom is -0.456 e. The zero-order chi connectivity index (χ0) is 22.2. The largest absolute Gasteiger partial charge is 0.456 e. The molecule has 0 saturated heterocycles. The van der Waals surface area contributed by atoms with Gasteiger partial charge in [-0.3, -0.25) is 0 Å². The van der Waals surface area contributed by atoms with Crippen LogP contribution in [0.4, 0.5) is 0 Å². The fraction of sp³-hybridized carbons (Fsp3) is 0. The highest BCUT2D eigenvalue weighted by molar-refractivity contribution is 6.22. The molecule has 6 aromatic carbocycles. The summed E-state index contributed by atoms with van der Waals surface area (Å²) in [6, 6.07) is 38.3. The third-order valence-corrected chi connectivity index (χ3v) is 7.05. The fourth-order valence-electron chi connectivity index (χ4n) is 5.50. The van der Waals surface area contributed by atoms with Gasteiger partial charge in [-0.2, -0.15) is 0 Å². The third-order valence-electron chi connectivity index (χ3n) is 7.05. The number of hydrogen-bond donors (Lipinski definition) is 0. The van der Waals surface area contributed by atoms with E-state index >= 15 is 0 Å². The lowest BCUT2D eigenvalue weighted by Crippen LogP contribution is -1.86. The molecule has 0 fully saturated rings. The van der Waals surface area contributed by atoms with Crippen LogP contribution in [-0.4, -0.2) is 0 Å². The number of para-hydroxylation sites is 3. The van der Waals surface area contributed by atoms with Crippen molar-refractivity contribution in [3.63, 3.8) is 0 Å². The van der Waals surface area contributed by atoms with Crippen molar-refractivity contribution in [2.75, 3.05) is 0 Å². The predicted molar refractivity (Wildman–Crippen MR) is 141 cm³/mol. The van der Waals surface area contributed by atoms with Crippen LogP contribution in [0.15, 0.2) is 118 Å². The molecular formula is C32H18O2. The summed E-state index contributed by atoms with van der Waals surface area (Å²) >= 11 is 0. The SMILES string of the molecule is c1ccc2c(c1)cc(-c1cccc3c1oc1ccccc13)c1cc3oc4ccccc4c3cc12. The van der Waals surface area contributed by atoms with Gasteiger partial charge in [0.1, 0.15) is 22.3 Å². The van der Waals surface area contributed by atoms with Gasteiger partial charge in [-0.15, -0.1) is 0 Å². The van der Waals surface area contributed by atoms with E-state index in [0.717, 1.165) is 55.0 Å². The Hall–Kier alpha value is -4.56. The van der Waals surface area contributed by atoms with E-state index in [-0.39, 0.29) is 0 Å². The second-order valence-corrected chi connectivity index (χ2v) is 8.92. The van der Waals surface area contributed by atoms with Gasteiger partial charge in [0.25, 0.3) is 0 Å². The lowest BCUT2D eigenvalue weighted by Gasteiger charge is -2.12. The predicted octanol–water partition coefficient (Wildman–Crippen LogP) is 9.46. The molecule has 8 rings (SSSR count). The summed E-state index contributed by atoms with van der Waals surface area (Å²) in [4.78, 5) is 0. The minimum atomic E-state index is 0.905. The van der Waals surface area contributed by atoms with Crippen LogP contribution in [0.2, 0.25) is 0 Å². The van der Waals surface area contributed by atoms with E-state index < -0.39 is 0 Å². The number of hydrogen-bond acceptors (Lipinski definition) is 2. The molecule has 0 unspecified atom stereocenters. The molecule has 0 spiro atoms. The normalized spacial score (nSPS) is 12.1. The van der Waals surface area contributed by atoms with Gasteiger partial charge in [0.05, 0.1) is 0 Å². The van der Waals surface area contributed by atoms with E-state index in [2.05, 4.69) is 84.9 Å². The maximum Gasteiger partial charge on any atom is 0.143 e. The van der Waals surface area contributed by atoms with Gasteiger partial charge >= 0.3 is 0 Å². The highest BCUT2D eigenvalue weighted by Gasteiger charge is 2.17. The van der Waals surface area contributed by atoms with Crippen molar-refractivity contribution in [1.29, 1.82) is 0 Å². The molecule has 0 radical (unpaired) electrons. The van der Waals surface area contributed by atoms with Crippen LogP contribution in [0.5, 0.6) is 0 Å². The molecule has 8 aromatic rings. The van der Waals surface area contributed by atoms with E-state index in [4.69, 9.17) is 8.83 Å². The van der Waals surface area contributed by atoms with Crippen molar-refractivity contribution in [2.45, 2.75) is 0 Å². The molecule has 0 aliphatic carbocycles. The van der Waals surface area contributed by atoms with Crippen molar-refractivity contribution < 1.29 is 8.83 Å². The fourth-order valence-corrected chi connectivity index (χ4v) is 5.50. The molecule has 0 aliphatic rings. The van der Waals surface area contributed by atoms with E-state index in [1.807, 2.05) is 24.3 Å². The van der Waals surface area contributed by atoms with Gasteiger partial charge in [0.15, 0.2) is 0 Å². The van der Waals surface area contributed by atoms with E-state index in [1.54, 1.807) is 0 Å². The van der Waals surface area contributed by atoms with E-state index in [1.165, 1.54) is 21.5 Å². The zero-order valence-corrected chi connectivity index (χ0v) is 18.2. The Kier molecular flexibility index (Phi) is 3.42. The van der Waals surface area contributed by atoms with Crippen LogP contribution >= 0.6 is 0 Å². The molecule has 2 aromatic heterocycles. The van der Waals surface area contributed by atoms with Gasteiger partial charge in [-0.25, -0.2) is 0 Å². The number of rotatable bonds is 1. The van der Waals surface area contributed by atoms with Crippen LogP contribution in [0.3, 0.4) is 0 Å². The van der Waals surface area contributed by atoms with Gasteiger partial charge in [-0.1, -0.05) is 78.9 Å². The van der Waals surface area contributed by atoms with Crippen LogP contribution in [0.1, 0.15) is 0 Å². The van der Waals surface area contributed by atoms with Crippen molar-refractivity contribution in [2.24, 2.45) is 0 Å². The van der Waals surface area contributed by atoms with Gasteiger partial charge in [-0.05, 0) is 57.4 Å². The highest BCUT2D eigenvalue weighted by Crippen LogP contribution is 2.43. The Balaban J connectivity index is 1.57. The molecule has 158 valence electrons. The first kappa shape index (κ1) is 17.9. The van der Waals surface area contributed by atoms with Gasteiger partial charge < -0.3 is 8.83 Å².